The van der Waals surface area contributed by atoms with Gasteiger partial charge in [-0.05, 0) is 36.0 Å². The molecule has 0 fully saturated rings. The van der Waals surface area contributed by atoms with E-state index >= 15 is 0 Å². The Morgan fingerprint density at radius 1 is 1.20 bits per heavy atom. The van der Waals surface area contributed by atoms with Crippen LogP contribution < -0.4 is 5.73 Å². The maximum atomic E-state index is 5.63. The molecule has 6 heteroatoms. The highest BCUT2D eigenvalue weighted by Gasteiger charge is 2.19. The van der Waals surface area contributed by atoms with Crippen LogP contribution in [0.2, 0.25) is 0 Å². The molecule has 2 N–H and O–H groups in total. The quantitative estimate of drug-likeness (QED) is 0.793. The van der Waals surface area contributed by atoms with Crippen molar-refractivity contribution < 1.29 is 4.63 Å². The van der Waals surface area contributed by atoms with Gasteiger partial charge < -0.3 is 5.73 Å². The van der Waals surface area contributed by atoms with Crippen LogP contribution in [-0.2, 0) is 12.8 Å². The Kier molecular flexibility index (Phi) is 1.95. The van der Waals surface area contributed by atoms with Crippen LogP contribution in [0.25, 0.3) is 10.7 Å². The Morgan fingerprint density at radius 3 is 2.80 bits per heavy atom. The first-order valence-electron chi connectivity index (χ1n) is 4.91. The number of thiazole rings is 1. The molecule has 2 aromatic heterocycles. The minimum Gasteiger partial charge on any atom is -0.379 e. The van der Waals surface area contributed by atoms with Crippen LogP contribution in [0, 0.1) is 0 Å². The van der Waals surface area contributed by atoms with Gasteiger partial charge in [0.15, 0.2) is 11.5 Å². The largest absolute Gasteiger partial charge is 0.379 e. The van der Waals surface area contributed by atoms with Gasteiger partial charge in [-0.1, -0.05) is 0 Å². The maximum Gasteiger partial charge on any atom is 0.198 e. The van der Waals surface area contributed by atoms with Crippen molar-refractivity contribution >= 4 is 17.2 Å². The van der Waals surface area contributed by atoms with Gasteiger partial charge >= 0.3 is 0 Å². The highest BCUT2D eigenvalue weighted by atomic mass is 32.1. The number of nitrogens with zero attached hydrogens (tertiary/aromatic N) is 3. The van der Waals surface area contributed by atoms with Gasteiger partial charge in [0, 0.05) is 4.88 Å². The molecule has 5 nitrogen and oxygen atoms in total. The number of anilines is 1. The predicted octanol–water partition coefficient (Wildman–Crippen LogP) is 1.65. The SMILES string of the molecule is Nc1nonc1-c1nc2c(s1)CCCC2. The summed E-state index contributed by atoms with van der Waals surface area (Å²) in [5.41, 5.74) is 7.41. The summed E-state index contributed by atoms with van der Waals surface area (Å²) in [5.74, 6) is 0.320. The molecule has 0 bridgehead atoms. The van der Waals surface area contributed by atoms with E-state index in [1.165, 1.54) is 23.4 Å². The average molecular weight is 222 g/mol. The summed E-state index contributed by atoms with van der Waals surface area (Å²) in [6, 6.07) is 0. The van der Waals surface area contributed by atoms with E-state index in [1.807, 2.05) is 0 Å². The lowest BCUT2D eigenvalue weighted by Gasteiger charge is -2.06. The summed E-state index contributed by atoms with van der Waals surface area (Å²) in [6.07, 6.45) is 4.67. The molecular formula is C9H10N4OS. The Labute approximate surface area is 90.3 Å². The molecule has 2 heterocycles. The number of hydrogen-bond donors (Lipinski definition) is 1. The molecule has 3 rings (SSSR count). The predicted molar refractivity (Wildman–Crippen MR) is 56.5 cm³/mol. The first-order valence-corrected chi connectivity index (χ1v) is 5.73. The fourth-order valence-corrected chi connectivity index (χ4v) is 2.94. The molecule has 0 radical (unpaired) electrons. The number of rotatable bonds is 1. The normalized spacial score (nSPS) is 15.2. The number of hydrogen-bond acceptors (Lipinski definition) is 6. The van der Waals surface area contributed by atoms with Gasteiger partial charge in [-0.25, -0.2) is 9.61 Å². The maximum absolute atomic E-state index is 5.63. The highest BCUT2D eigenvalue weighted by Crippen LogP contribution is 2.33. The zero-order valence-electron chi connectivity index (χ0n) is 8.06. The lowest BCUT2D eigenvalue weighted by molar-refractivity contribution is 0.310. The summed E-state index contributed by atoms with van der Waals surface area (Å²) in [7, 11) is 0. The molecule has 0 unspecified atom stereocenters. The van der Waals surface area contributed by atoms with Crippen LogP contribution in [0.15, 0.2) is 4.63 Å². The molecule has 78 valence electrons. The molecule has 1 aliphatic carbocycles. The highest BCUT2D eigenvalue weighted by molar-refractivity contribution is 7.15. The van der Waals surface area contributed by atoms with Crippen molar-refractivity contribution in [2.24, 2.45) is 0 Å². The van der Waals surface area contributed by atoms with Crippen LogP contribution in [-0.4, -0.2) is 15.3 Å². The smallest absolute Gasteiger partial charge is 0.198 e. The van der Waals surface area contributed by atoms with Crippen molar-refractivity contribution in [1.82, 2.24) is 15.3 Å². The van der Waals surface area contributed by atoms with Gasteiger partial charge in [-0.2, -0.15) is 0 Å². The van der Waals surface area contributed by atoms with Crippen LogP contribution in [0.4, 0.5) is 5.82 Å². The summed E-state index contributed by atoms with van der Waals surface area (Å²) >= 11 is 1.65. The second-order valence-corrected chi connectivity index (χ2v) is 4.68. The van der Waals surface area contributed by atoms with Crippen molar-refractivity contribution in [2.75, 3.05) is 5.73 Å². The molecule has 0 amide bonds. The molecule has 0 atom stereocenters. The molecule has 0 spiro atoms. The van der Waals surface area contributed by atoms with E-state index in [1.54, 1.807) is 11.3 Å². The Morgan fingerprint density at radius 2 is 2.07 bits per heavy atom. The van der Waals surface area contributed by atoms with Gasteiger partial charge in [0.1, 0.15) is 5.01 Å². The van der Waals surface area contributed by atoms with E-state index in [9.17, 15) is 0 Å². The summed E-state index contributed by atoms with van der Waals surface area (Å²) in [4.78, 5) is 5.89. The fraction of sp³-hybridized carbons (Fsp3) is 0.444. The number of nitrogen functional groups attached to an aromatic ring is 1. The van der Waals surface area contributed by atoms with Gasteiger partial charge in [-0.15, -0.1) is 11.3 Å². The molecule has 2 aromatic rings. The lowest BCUT2D eigenvalue weighted by Crippen LogP contribution is -1.98. The van der Waals surface area contributed by atoms with Crippen molar-refractivity contribution in [3.63, 3.8) is 0 Å². The van der Waals surface area contributed by atoms with E-state index in [4.69, 9.17) is 5.73 Å². The minimum atomic E-state index is 0.320. The van der Waals surface area contributed by atoms with Crippen molar-refractivity contribution in [3.8, 4) is 10.7 Å². The lowest BCUT2D eigenvalue weighted by atomic mass is 10.0. The standard InChI is InChI=1S/C9H10N4OS/c10-8-7(12-14-13-8)9-11-5-3-1-2-4-6(5)15-9/h1-4H2,(H2,10,13). The van der Waals surface area contributed by atoms with Crippen molar-refractivity contribution in [1.29, 1.82) is 0 Å². The van der Waals surface area contributed by atoms with Crippen LogP contribution >= 0.6 is 11.3 Å². The van der Waals surface area contributed by atoms with E-state index in [0.29, 0.717) is 11.5 Å². The Bertz CT molecular complexity index is 467. The molecule has 1 aliphatic rings. The van der Waals surface area contributed by atoms with E-state index in [-0.39, 0.29) is 0 Å². The van der Waals surface area contributed by atoms with Gasteiger partial charge in [0.05, 0.1) is 5.69 Å². The van der Waals surface area contributed by atoms with Crippen molar-refractivity contribution in [2.45, 2.75) is 25.7 Å². The average Bonchev–Trinajstić information content (AvgIpc) is 2.82. The van der Waals surface area contributed by atoms with Crippen LogP contribution in [0.5, 0.6) is 0 Å². The third-order valence-electron chi connectivity index (χ3n) is 2.56. The summed E-state index contributed by atoms with van der Waals surface area (Å²) in [5, 5.41) is 8.16. The molecule has 0 saturated carbocycles. The topological polar surface area (TPSA) is 77.8 Å². The Balaban J connectivity index is 2.06. The third kappa shape index (κ3) is 1.41. The Hall–Kier alpha value is -1.43. The second kappa shape index (κ2) is 3.30. The minimum absolute atomic E-state index is 0.320. The van der Waals surface area contributed by atoms with Gasteiger partial charge in [0.25, 0.3) is 0 Å². The number of fused-ring (bicyclic) bond motifs is 1. The first kappa shape index (κ1) is 8.84. The van der Waals surface area contributed by atoms with Crippen LogP contribution in [0.3, 0.4) is 0 Å². The molecule has 0 aromatic carbocycles. The monoisotopic (exact) mass is 222 g/mol. The molecule has 0 saturated heterocycles. The third-order valence-corrected chi connectivity index (χ3v) is 3.73. The zero-order chi connectivity index (χ0) is 10.3. The van der Waals surface area contributed by atoms with E-state index in [0.717, 1.165) is 17.8 Å². The number of aromatic nitrogens is 3. The zero-order valence-corrected chi connectivity index (χ0v) is 8.88. The number of aryl methyl sites for hydroxylation is 2. The van der Waals surface area contributed by atoms with Crippen molar-refractivity contribution in [3.05, 3.63) is 10.6 Å². The molecule has 0 aliphatic heterocycles. The van der Waals surface area contributed by atoms with E-state index in [2.05, 4.69) is 19.9 Å². The van der Waals surface area contributed by atoms with Crippen LogP contribution in [0.1, 0.15) is 23.4 Å². The van der Waals surface area contributed by atoms with Gasteiger partial charge in [-0.3, -0.25) is 0 Å². The first-order chi connectivity index (χ1) is 7.34. The fourth-order valence-electron chi connectivity index (χ4n) is 1.80. The van der Waals surface area contributed by atoms with Gasteiger partial charge in [0.2, 0.25) is 0 Å². The summed E-state index contributed by atoms with van der Waals surface area (Å²) < 4.78 is 4.57. The summed E-state index contributed by atoms with van der Waals surface area (Å²) in [6.45, 7) is 0. The molecule has 15 heavy (non-hydrogen) atoms. The second-order valence-electron chi connectivity index (χ2n) is 3.59. The number of nitrogens with two attached hydrogens (primary N) is 1. The van der Waals surface area contributed by atoms with E-state index < -0.39 is 0 Å². The molecular weight excluding hydrogens is 212 g/mol.